The number of nitrogens with one attached hydrogen (secondary N) is 1. The zero-order chi connectivity index (χ0) is 26.4. The van der Waals surface area contributed by atoms with E-state index >= 15 is 0 Å². The number of benzene rings is 3. The lowest BCUT2D eigenvalue weighted by Crippen LogP contribution is -2.66. The molecule has 2 bridgehead atoms. The van der Waals surface area contributed by atoms with Crippen molar-refractivity contribution in [3.05, 3.63) is 102 Å². The maximum atomic E-state index is 13.5. The summed E-state index contributed by atoms with van der Waals surface area (Å²) in [5, 5.41) is 2.80. The van der Waals surface area contributed by atoms with E-state index in [1.165, 1.54) is 0 Å². The van der Waals surface area contributed by atoms with Crippen LogP contribution in [0.3, 0.4) is 0 Å². The Morgan fingerprint density at radius 3 is 2.08 bits per heavy atom. The largest absolute Gasteiger partial charge is 0.484 e. The number of quaternary nitrogens is 1. The lowest BCUT2D eigenvalue weighted by Gasteiger charge is -2.51. The number of fused-ring (bicyclic) bond motifs is 3. The van der Waals surface area contributed by atoms with Crippen molar-refractivity contribution in [2.75, 3.05) is 32.8 Å². The molecule has 7 heteroatoms. The zero-order valence-corrected chi connectivity index (χ0v) is 21.3. The number of hydrogen-bond acceptors (Lipinski definition) is 5. The minimum atomic E-state index is -0.946. The van der Waals surface area contributed by atoms with E-state index in [2.05, 4.69) is 5.32 Å². The number of esters is 1. The number of amides is 1. The number of hydrogen-bond donors (Lipinski definition) is 1. The van der Waals surface area contributed by atoms with Crippen molar-refractivity contribution in [1.82, 2.24) is 5.32 Å². The highest BCUT2D eigenvalue weighted by atomic mass is 16.5. The molecule has 3 aromatic carbocycles. The smallest absolute Gasteiger partial charge is 0.333 e. The Kier molecular flexibility index (Phi) is 9.15. The molecule has 6 rings (SSSR count). The van der Waals surface area contributed by atoms with Gasteiger partial charge in [0.15, 0.2) is 18.8 Å². The summed E-state index contributed by atoms with van der Waals surface area (Å²) in [6, 6.07) is 26.6. The number of piperidine rings is 3. The summed E-state index contributed by atoms with van der Waals surface area (Å²) in [5.74, 6) is 0.0529. The summed E-state index contributed by atoms with van der Waals surface area (Å²) in [4.78, 5) is 39.3. The number of carbonyl (C=O) groups excluding carboxylic acids is 3. The van der Waals surface area contributed by atoms with Gasteiger partial charge in [-0.1, -0.05) is 86.3 Å². The van der Waals surface area contributed by atoms with Crippen LogP contribution in [0, 0.1) is 5.92 Å². The van der Waals surface area contributed by atoms with Gasteiger partial charge < -0.3 is 19.3 Å². The van der Waals surface area contributed by atoms with E-state index in [4.69, 9.17) is 9.47 Å². The Balaban J connectivity index is 0.00000353. The topological polar surface area (TPSA) is 81.7 Å². The first-order valence-corrected chi connectivity index (χ1v) is 13.2. The molecule has 2 atom stereocenters. The molecule has 7 nitrogen and oxygen atoms in total. The molecule has 0 spiro atoms. The first-order valence-electron chi connectivity index (χ1n) is 13.2. The van der Waals surface area contributed by atoms with E-state index in [9.17, 15) is 14.4 Å². The van der Waals surface area contributed by atoms with E-state index in [0.717, 1.165) is 25.9 Å². The second kappa shape index (κ2) is 12.7. The molecule has 3 fully saturated rings. The van der Waals surface area contributed by atoms with Gasteiger partial charge in [0.1, 0.15) is 18.8 Å². The van der Waals surface area contributed by atoms with Gasteiger partial charge in [0, 0.05) is 24.3 Å². The van der Waals surface area contributed by atoms with Gasteiger partial charge in [-0.15, -0.1) is 0 Å². The molecular formula is C32H37N2O5+. The summed E-state index contributed by atoms with van der Waals surface area (Å²) >= 11 is 0. The molecule has 0 aromatic heterocycles. The lowest BCUT2D eigenvalue weighted by molar-refractivity contribution is -0.938. The van der Waals surface area contributed by atoms with Crippen LogP contribution in [0.4, 0.5) is 0 Å². The fourth-order valence-electron chi connectivity index (χ4n) is 5.61. The molecule has 0 aliphatic carbocycles. The van der Waals surface area contributed by atoms with Crippen molar-refractivity contribution in [3.8, 4) is 5.75 Å². The van der Waals surface area contributed by atoms with E-state index in [0.29, 0.717) is 34.4 Å². The predicted octanol–water partition coefficient (Wildman–Crippen LogP) is 4.59. The lowest BCUT2D eigenvalue weighted by atomic mass is 9.82. The van der Waals surface area contributed by atoms with E-state index < -0.39 is 17.9 Å². The van der Waals surface area contributed by atoms with Crippen LogP contribution in [0.15, 0.2) is 91.0 Å². The number of ketones is 1. The number of rotatable bonds is 10. The summed E-state index contributed by atoms with van der Waals surface area (Å²) in [5.41, 5.74) is 1.36. The monoisotopic (exact) mass is 529 g/mol. The van der Waals surface area contributed by atoms with Crippen molar-refractivity contribution in [3.63, 3.8) is 0 Å². The molecule has 1 unspecified atom stereocenters. The normalized spacial score (nSPS) is 22.2. The second-order valence-electron chi connectivity index (χ2n) is 10.2. The maximum absolute atomic E-state index is 13.5. The molecule has 3 aromatic rings. The van der Waals surface area contributed by atoms with Crippen LogP contribution in [-0.4, -0.2) is 61.0 Å². The Morgan fingerprint density at radius 1 is 0.846 bits per heavy atom. The fourth-order valence-corrected chi connectivity index (χ4v) is 5.61. The average molecular weight is 530 g/mol. The molecule has 1 amide bonds. The summed E-state index contributed by atoms with van der Waals surface area (Å²) in [6.45, 7) is 2.62. The highest BCUT2D eigenvalue weighted by Crippen LogP contribution is 2.36. The van der Waals surface area contributed by atoms with Gasteiger partial charge in [-0.05, 0) is 17.7 Å². The van der Waals surface area contributed by atoms with Crippen molar-refractivity contribution >= 4 is 17.7 Å². The number of ether oxygens (including phenoxy) is 2. The van der Waals surface area contributed by atoms with Gasteiger partial charge in [-0.2, -0.15) is 0 Å². The number of carbonyl (C=O) groups is 3. The molecule has 3 aliphatic heterocycles. The van der Waals surface area contributed by atoms with Crippen LogP contribution in [0.1, 0.15) is 42.2 Å². The molecular weight excluding hydrogens is 492 g/mol. The Hall–Kier alpha value is -3.97. The third-order valence-electron chi connectivity index (χ3n) is 7.67. The quantitative estimate of drug-likeness (QED) is 0.236. The Labute approximate surface area is 230 Å². The molecule has 3 heterocycles. The van der Waals surface area contributed by atoms with E-state index in [-0.39, 0.29) is 31.8 Å². The summed E-state index contributed by atoms with van der Waals surface area (Å²) in [6.07, 6.45) is 1.53. The first-order chi connectivity index (χ1) is 18.5. The van der Waals surface area contributed by atoms with Crippen LogP contribution in [0.2, 0.25) is 0 Å². The van der Waals surface area contributed by atoms with Crippen LogP contribution in [-0.2, 0) is 14.3 Å². The van der Waals surface area contributed by atoms with Crippen molar-refractivity contribution in [2.45, 2.75) is 32.4 Å². The predicted molar refractivity (Wildman–Crippen MR) is 149 cm³/mol. The van der Waals surface area contributed by atoms with E-state index in [1.807, 2.05) is 66.7 Å². The molecule has 0 saturated carbocycles. The van der Waals surface area contributed by atoms with Crippen molar-refractivity contribution < 1.29 is 28.3 Å². The fraction of sp³-hybridized carbons (Fsp3) is 0.344. The maximum Gasteiger partial charge on any atom is 0.333 e. The first kappa shape index (κ1) is 28.0. The number of Topliss-reactive ketones (excluding diaryl/α,β-unsaturated/α-hetero) is 1. The van der Waals surface area contributed by atoms with Crippen LogP contribution >= 0.6 is 0 Å². The van der Waals surface area contributed by atoms with Crippen LogP contribution < -0.4 is 10.1 Å². The van der Waals surface area contributed by atoms with Gasteiger partial charge in [0.25, 0.3) is 5.91 Å². The van der Waals surface area contributed by atoms with Gasteiger partial charge in [-0.25, -0.2) is 4.79 Å². The van der Waals surface area contributed by atoms with Gasteiger partial charge in [0.2, 0.25) is 5.78 Å². The van der Waals surface area contributed by atoms with Crippen molar-refractivity contribution in [1.29, 1.82) is 0 Å². The number of nitrogens with zero attached hydrogens (tertiary/aromatic N) is 1. The highest BCUT2D eigenvalue weighted by molar-refractivity contribution is 5.97. The molecule has 3 aliphatic rings. The summed E-state index contributed by atoms with van der Waals surface area (Å²) < 4.78 is 12.3. The van der Waals surface area contributed by atoms with E-state index in [1.54, 1.807) is 24.3 Å². The Bertz CT molecular complexity index is 1240. The molecule has 39 heavy (non-hydrogen) atoms. The highest BCUT2D eigenvalue weighted by Gasteiger charge is 2.49. The average Bonchev–Trinajstić information content (AvgIpc) is 2.96. The summed E-state index contributed by atoms with van der Waals surface area (Å²) in [7, 11) is 0. The minimum absolute atomic E-state index is 0. The van der Waals surface area contributed by atoms with Crippen molar-refractivity contribution in [2.24, 2.45) is 5.92 Å². The Morgan fingerprint density at radius 2 is 1.44 bits per heavy atom. The molecule has 3 saturated heterocycles. The van der Waals surface area contributed by atoms with Gasteiger partial charge in [0.05, 0.1) is 13.1 Å². The van der Waals surface area contributed by atoms with Gasteiger partial charge in [-0.3, -0.25) is 9.59 Å². The SMILES string of the molecule is C.O=C(COc1ccccc1)NC(C(=O)O[C@H]1C[N+]2(CC(=O)c3ccccc3)CCC1CC2)c1ccccc1. The van der Waals surface area contributed by atoms with Crippen LogP contribution in [0.5, 0.6) is 5.75 Å². The molecule has 204 valence electrons. The second-order valence-corrected chi connectivity index (χ2v) is 10.2. The zero-order valence-electron chi connectivity index (χ0n) is 21.3. The van der Waals surface area contributed by atoms with Gasteiger partial charge >= 0.3 is 5.97 Å². The molecule has 1 N–H and O–H groups in total. The standard InChI is InChI=1S/C31H32N2O5.CH4/c34-27(23-10-4-1-5-11-23)20-33-18-16-24(17-19-33)28(21-33)38-31(36)30(25-12-6-2-7-13-25)32-29(35)22-37-26-14-8-3-9-15-26;/h1-15,24,28,30H,16-22H2;1H4/p+1/t24?,28-,30?,33?;/m0./s1. The minimum Gasteiger partial charge on any atom is -0.484 e. The number of para-hydroxylation sites is 1. The third-order valence-corrected chi connectivity index (χ3v) is 7.67. The van der Waals surface area contributed by atoms with Crippen LogP contribution in [0.25, 0.3) is 0 Å². The molecule has 0 radical (unpaired) electrons. The third kappa shape index (κ3) is 6.92.